The number of aromatic nitrogens is 2. The fourth-order valence-corrected chi connectivity index (χ4v) is 2.96. The highest BCUT2D eigenvalue weighted by atomic mass is 79.9. The molecule has 0 aliphatic carbocycles. The number of carbonyl (C=O) groups is 1. The Balaban J connectivity index is 2.03. The molecule has 5 nitrogen and oxygen atoms in total. The maximum Gasteiger partial charge on any atom is 0.316 e. The highest BCUT2D eigenvalue weighted by Crippen LogP contribution is 2.26. The number of hydrogen-bond acceptors (Lipinski definition) is 5. The molecule has 1 aromatic carbocycles. The number of rotatable bonds is 6. The van der Waals surface area contributed by atoms with Crippen molar-refractivity contribution in [1.82, 2.24) is 10.2 Å². The molecule has 1 unspecified atom stereocenters. The van der Waals surface area contributed by atoms with E-state index in [0.29, 0.717) is 17.5 Å². The van der Waals surface area contributed by atoms with E-state index < -0.39 is 11.2 Å². The van der Waals surface area contributed by atoms with Crippen molar-refractivity contribution in [2.45, 2.75) is 24.9 Å². The molecule has 21 heavy (non-hydrogen) atoms. The number of carboxylic acid groups (broad SMARTS) is 1. The van der Waals surface area contributed by atoms with Crippen molar-refractivity contribution in [3.63, 3.8) is 0 Å². The van der Waals surface area contributed by atoms with E-state index in [1.807, 2.05) is 38.1 Å². The first kappa shape index (κ1) is 16.0. The number of nitrogens with zero attached hydrogens (tertiary/aromatic N) is 2. The molecular formula is C14H15BrN2O3S. The van der Waals surface area contributed by atoms with Gasteiger partial charge in [0.2, 0.25) is 11.8 Å². The minimum absolute atomic E-state index is 0.0429. The van der Waals surface area contributed by atoms with Gasteiger partial charge in [0.15, 0.2) is 0 Å². The van der Waals surface area contributed by atoms with Gasteiger partial charge in [-0.25, -0.2) is 0 Å². The van der Waals surface area contributed by atoms with Crippen LogP contribution in [0.2, 0.25) is 0 Å². The van der Waals surface area contributed by atoms with Crippen molar-refractivity contribution >= 4 is 33.7 Å². The normalized spacial score (nSPS) is 12.6. The average molecular weight is 371 g/mol. The summed E-state index contributed by atoms with van der Waals surface area (Å²) in [7, 11) is 0. The molecule has 0 spiro atoms. The monoisotopic (exact) mass is 370 g/mol. The third-order valence-corrected chi connectivity index (χ3v) is 4.84. The molecule has 1 heterocycles. The first-order valence-corrected chi connectivity index (χ1v) is 8.24. The summed E-state index contributed by atoms with van der Waals surface area (Å²) >= 11 is 4.66. The highest BCUT2D eigenvalue weighted by molar-refractivity contribution is 9.10. The summed E-state index contributed by atoms with van der Waals surface area (Å²) in [5.74, 6) is 0.488. The van der Waals surface area contributed by atoms with Crippen molar-refractivity contribution in [1.29, 1.82) is 0 Å². The third kappa shape index (κ3) is 4.31. The molecule has 0 aliphatic rings. The molecule has 2 rings (SSSR count). The van der Waals surface area contributed by atoms with Gasteiger partial charge in [-0.05, 0) is 30.2 Å². The lowest BCUT2D eigenvalue weighted by atomic mass is 10.1. The van der Waals surface area contributed by atoms with Crippen molar-refractivity contribution in [3.05, 3.63) is 34.6 Å². The Labute approximate surface area is 135 Å². The van der Waals surface area contributed by atoms with Crippen LogP contribution < -0.4 is 0 Å². The summed E-state index contributed by atoms with van der Waals surface area (Å²) in [6.45, 7) is 3.76. The predicted octanol–water partition coefficient (Wildman–Crippen LogP) is 3.84. The minimum Gasteiger partial charge on any atom is -0.480 e. The van der Waals surface area contributed by atoms with Crippen LogP contribution in [-0.4, -0.2) is 26.5 Å². The Morgan fingerprint density at radius 3 is 2.57 bits per heavy atom. The van der Waals surface area contributed by atoms with Gasteiger partial charge < -0.3 is 9.52 Å². The molecule has 112 valence electrons. The minimum atomic E-state index is -0.817. The van der Waals surface area contributed by atoms with Crippen LogP contribution in [0, 0.1) is 5.92 Å². The van der Waals surface area contributed by atoms with Gasteiger partial charge >= 0.3 is 5.97 Å². The van der Waals surface area contributed by atoms with Gasteiger partial charge in [0.25, 0.3) is 0 Å². The number of benzene rings is 1. The Morgan fingerprint density at radius 2 is 2.00 bits per heavy atom. The topological polar surface area (TPSA) is 76.2 Å². The zero-order valence-electron chi connectivity index (χ0n) is 11.6. The second-order valence-corrected chi connectivity index (χ2v) is 6.87. The molecule has 1 N–H and O–H groups in total. The Kier molecular flexibility index (Phi) is 5.41. The molecule has 0 amide bonds. The summed E-state index contributed by atoms with van der Waals surface area (Å²) in [6, 6.07) is 7.55. The van der Waals surface area contributed by atoms with E-state index >= 15 is 0 Å². The Bertz CT molecular complexity index is 613. The quantitative estimate of drug-likeness (QED) is 0.832. The van der Waals surface area contributed by atoms with Gasteiger partial charge in [-0.3, -0.25) is 4.79 Å². The van der Waals surface area contributed by atoms with E-state index in [1.54, 1.807) is 0 Å². The molecule has 0 fully saturated rings. The van der Waals surface area contributed by atoms with Crippen LogP contribution in [0.5, 0.6) is 0 Å². The average Bonchev–Trinajstić information content (AvgIpc) is 2.87. The molecule has 7 heteroatoms. The zero-order chi connectivity index (χ0) is 15.4. The molecule has 0 radical (unpaired) electrons. The standard InChI is InChI=1S/C14H15BrN2O3S/c1-8(2)12(14(18)19)21-7-11-16-17-13(20-11)9-3-5-10(15)6-4-9/h3-6,8,12H,7H2,1-2H3,(H,18,19). The molecular weight excluding hydrogens is 356 g/mol. The molecule has 0 bridgehead atoms. The van der Waals surface area contributed by atoms with Crippen molar-refractivity contribution < 1.29 is 14.3 Å². The Hall–Kier alpha value is -1.34. The van der Waals surface area contributed by atoms with Gasteiger partial charge in [0.1, 0.15) is 5.25 Å². The van der Waals surface area contributed by atoms with Crippen LogP contribution in [-0.2, 0) is 10.5 Å². The zero-order valence-corrected chi connectivity index (χ0v) is 14.0. The SMILES string of the molecule is CC(C)C(SCc1nnc(-c2ccc(Br)cc2)o1)C(=O)O. The summed E-state index contributed by atoms with van der Waals surface area (Å²) in [6.07, 6.45) is 0. The van der Waals surface area contributed by atoms with Gasteiger partial charge in [0, 0.05) is 10.0 Å². The number of carboxylic acids is 1. The summed E-state index contributed by atoms with van der Waals surface area (Å²) in [4.78, 5) is 11.1. The fraction of sp³-hybridized carbons (Fsp3) is 0.357. The van der Waals surface area contributed by atoms with E-state index in [0.717, 1.165) is 10.0 Å². The lowest BCUT2D eigenvalue weighted by Gasteiger charge is -2.13. The van der Waals surface area contributed by atoms with Crippen LogP contribution in [0.15, 0.2) is 33.2 Å². The van der Waals surface area contributed by atoms with Gasteiger partial charge in [-0.2, -0.15) is 0 Å². The maximum absolute atomic E-state index is 11.1. The number of thioether (sulfide) groups is 1. The Morgan fingerprint density at radius 1 is 1.33 bits per heavy atom. The smallest absolute Gasteiger partial charge is 0.316 e. The fourth-order valence-electron chi connectivity index (χ4n) is 1.73. The van der Waals surface area contributed by atoms with Crippen molar-refractivity contribution in [2.24, 2.45) is 5.92 Å². The lowest BCUT2D eigenvalue weighted by molar-refractivity contribution is -0.137. The van der Waals surface area contributed by atoms with E-state index in [2.05, 4.69) is 26.1 Å². The van der Waals surface area contributed by atoms with Crippen LogP contribution in [0.1, 0.15) is 19.7 Å². The van der Waals surface area contributed by atoms with E-state index in [4.69, 9.17) is 9.52 Å². The molecule has 2 aromatic rings. The van der Waals surface area contributed by atoms with E-state index in [1.165, 1.54) is 11.8 Å². The highest BCUT2D eigenvalue weighted by Gasteiger charge is 2.23. The number of hydrogen-bond donors (Lipinski definition) is 1. The van der Waals surface area contributed by atoms with Crippen LogP contribution in [0.25, 0.3) is 11.5 Å². The molecule has 1 atom stereocenters. The third-order valence-electron chi connectivity index (χ3n) is 2.79. The van der Waals surface area contributed by atoms with Crippen LogP contribution >= 0.6 is 27.7 Å². The number of halogens is 1. The largest absolute Gasteiger partial charge is 0.480 e. The molecule has 0 saturated heterocycles. The van der Waals surface area contributed by atoms with E-state index in [-0.39, 0.29) is 5.92 Å². The van der Waals surface area contributed by atoms with Gasteiger partial charge in [-0.15, -0.1) is 22.0 Å². The summed E-state index contributed by atoms with van der Waals surface area (Å²) < 4.78 is 6.54. The van der Waals surface area contributed by atoms with Crippen molar-refractivity contribution in [2.75, 3.05) is 0 Å². The number of aliphatic carboxylic acids is 1. The lowest BCUT2D eigenvalue weighted by Crippen LogP contribution is -2.22. The van der Waals surface area contributed by atoms with Crippen LogP contribution in [0.4, 0.5) is 0 Å². The van der Waals surface area contributed by atoms with Gasteiger partial charge in [0.05, 0.1) is 5.75 Å². The molecule has 1 aromatic heterocycles. The predicted molar refractivity (Wildman–Crippen MR) is 85.0 cm³/mol. The first-order valence-electron chi connectivity index (χ1n) is 6.40. The molecule has 0 saturated carbocycles. The first-order chi connectivity index (χ1) is 9.97. The van der Waals surface area contributed by atoms with Gasteiger partial charge in [-0.1, -0.05) is 29.8 Å². The van der Waals surface area contributed by atoms with Crippen molar-refractivity contribution in [3.8, 4) is 11.5 Å². The van der Waals surface area contributed by atoms with E-state index in [9.17, 15) is 4.79 Å². The second-order valence-electron chi connectivity index (χ2n) is 4.82. The summed E-state index contributed by atoms with van der Waals surface area (Å²) in [5, 5.41) is 16.6. The molecule has 0 aliphatic heterocycles. The summed E-state index contributed by atoms with van der Waals surface area (Å²) in [5.41, 5.74) is 0.834. The van der Waals surface area contributed by atoms with Crippen LogP contribution in [0.3, 0.4) is 0 Å². The maximum atomic E-state index is 11.1. The second kappa shape index (κ2) is 7.09.